The van der Waals surface area contributed by atoms with Gasteiger partial charge >= 0.3 is 6.18 Å². The topological polar surface area (TPSA) is 110 Å². The molecule has 1 saturated heterocycles. The number of anilines is 1. The first-order valence-corrected chi connectivity index (χ1v) is 13.6. The van der Waals surface area contributed by atoms with E-state index in [-0.39, 0.29) is 23.2 Å². The number of fused-ring (bicyclic) bond motifs is 1. The van der Waals surface area contributed by atoms with Crippen molar-refractivity contribution >= 4 is 46.9 Å². The maximum atomic E-state index is 13.9. The third kappa shape index (κ3) is 5.06. The van der Waals surface area contributed by atoms with Crippen molar-refractivity contribution in [3.8, 4) is 0 Å². The fraction of sp³-hybridized carbons (Fsp3) is 0.455. The van der Waals surface area contributed by atoms with Crippen LogP contribution >= 0.6 is 7.14 Å². The molecule has 12 heteroatoms. The molecule has 0 saturated carbocycles. The second-order valence-corrected chi connectivity index (χ2v) is 12.1. The maximum absolute atomic E-state index is 13.9. The number of hydrogen-bond acceptors (Lipinski definition) is 6. The van der Waals surface area contributed by atoms with E-state index in [0.717, 1.165) is 25.6 Å². The van der Waals surface area contributed by atoms with E-state index >= 15 is 0 Å². The molecule has 34 heavy (non-hydrogen) atoms. The summed E-state index contributed by atoms with van der Waals surface area (Å²) < 4.78 is 54.9. The van der Waals surface area contributed by atoms with Gasteiger partial charge in [-0.05, 0) is 38.8 Å². The lowest BCUT2D eigenvalue weighted by molar-refractivity contribution is -0.114. The number of allylic oxidation sites excluding steroid dienone is 1. The normalized spacial score (nSPS) is 21.6. The first kappa shape index (κ1) is 24.5. The van der Waals surface area contributed by atoms with E-state index in [1.807, 2.05) is 0 Å². The molecular weight excluding hydrogens is 468 g/mol. The minimum Gasteiger partial charge on any atom is -0.360 e. The van der Waals surface area contributed by atoms with Crippen LogP contribution in [0.2, 0.25) is 0 Å². The van der Waals surface area contributed by atoms with Gasteiger partial charge in [0.15, 0.2) is 6.29 Å². The minimum absolute atomic E-state index is 0.0814. The highest BCUT2D eigenvalue weighted by atomic mass is 31.2. The smallest absolute Gasteiger partial charge is 0.360 e. The molecule has 2 aliphatic heterocycles. The molecule has 8 nitrogen and oxygen atoms in total. The summed E-state index contributed by atoms with van der Waals surface area (Å²) in [6.45, 7) is 6.07. The van der Waals surface area contributed by atoms with Crippen LogP contribution in [0.5, 0.6) is 0 Å². The van der Waals surface area contributed by atoms with Crippen molar-refractivity contribution in [2.75, 3.05) is 31.7 Å². The Morgan fingerprint density at radius 3 is 2.65 bits per heavy atom. The van der Waals surface area contributed by atoms with Gasteiger partial charge < -0.3 is 25.5 Å². The largest absolute Gasteiger partial charge is 0.419 e. The lowest BCUT2D eigenvalue weighted by atomic mass is 10.0. The first-order chi connectivity index (χ1) is 15.9. The van der Waals surface area contributed by atoms with E-state index in [1.165, 1.54) is 13.1 Å². The van der Waals surface area contributed by atoms with Crippen LogP contribution in [0.15, 0.2) is 28.9 Å². The van der Waals surface area contributed by atoms with Gasteiger partial charge in [-0.15, -0.1) is 0 Å². The molecule has 1 amide bonds. The van der Waals surface area contributed by atoms with Crippen molar-refractivity contribution < 1.29 is 22.5 Å². The Balaban J connectivity index is 1.79. The summed E-state index contributed by atoms with van der Waals surface area (Å²) in [7, 11) is -2.92. The lowest BCUT2D eigenvalue weighted by Gasteiger charge is -2.31. The van der Waals surface area contributed by atoms with Crippen molar-refractivity contribution in [2.24, 2.45) is 4.99 Å². The maximum Gasteiger partial charge on any atom is 0.419 e. The Kier molecular flexibility index (Phi) is 6.63. The Labute approximate surface area is 195 Å². The van der Waals surface area contributed by atoms with E-state index in [2.05, 4.69) is 31.2 Å². The standard InChI is InChI=1S/C22H28F3N6O2P/c1-12(32)29-17-7-6-14-15(10-27-19(14)20(17)34(2,3)33)18-16(22(23,24)25)11-28-21(31-18)30-13-5-4-8-26-9-13/h6-7,10-11,13,21,26-27,30-31H,4-5,8-9H2,1-3H3,(H,29,32). The summed E-state index contributed by atoms with van der Waals surface area (Å²) in [5, 5.41) is 13.0. The molecule has 184 valence electrons. The summed E-state index contributed by atoms with van der Waals surface area (Å²) >= 11 is 0. The van der Waals surface area contributed by atoms with Crippen LogP contribution in [0.1, 0.15) is 25.3 Å². The van der Waals surface area contributed by atoms with Crippen molar-refractivity contribution in [1.82, 2.24) is 20.9 Å². The second-order valence-electron chi connectivity index (χ2n) is 8.94. The van der Waals surface area contributed by atoms with E-state index in [9.17, 15) is 22.5 Å². The predicted molar refractivity (Wildman–Crippen MR) is 129 cm³/mol. The molecule has 4 rings (SSSR count). The number of carbonyl (C=O) groups excluding carboxylic acids is 1. The number of aromatic nitrogens is 1. The van der Waals surface area contributed by atoms with E-state index in [0.29, 0.717) is 28.4 Å². The molecule has 5 N–H and O–H groups in total. The van der Waals surface area contributed by atoms with Crippen LogP contribution in [0, 0.1) is 0 Å². The van der Waals surface area contributed by atoms with Gasteiger partial charge in [-0.3, -0.25) is 15.1 Å². The summed E-state index contributed by atoms with van der Waals surface area (Å²) in [4.78, 5) is 18.7. The zero-order valence-electron chi connectivity index (χ0n) is 19.1. The highest BCUT2D eigenvalue weighted by molar-refractivity contribution is 7.71. The van der Waals surface area contributed by atoms with Crippen LogP contribution in [0.4, 0.5) is 18.9 Å². The fourth-order valence-corrected chi connectivity index (χ4v) is 5.88. The number of rotatable bonds is 5. The number of piperidine rings is 1. The molecule has 0 spiro atoms. The predicted octanol–water partition coefficient (Wildman–Crippen LogP) is 2.95. The molecule has 2 unspecified atom stereocenters. The summed E-state index contributed by atoms with van der Waals surface area (Å²) in [5.74, 6) is -0.334. The summed E-state index contributed by atoms with van der Waals surface area (Å²) in [6.07, 6.45) is -1.16. The zero-order chi connectivity index (χ0) is 24.7. The Morgan fingerprint density at radius 1 is 1.26 bits per heavy atom. The van der Waals surface area contributed by atoms with Crippen molar-refractivity contribution in [2.45, 2.75) is 38.3 Å². The van der Waals surface area contributed by atoms with Gasteiger partial charge in [0.05, 0.1) is 27.8 Å². The number of alkyl halides is 3. The van der Waals surface area contributed by atoms with Crippen molar-refractivity contribution in [3.63, 3.8) is 0 Å². The van der Waals surface area contributed by atoms with Gasteiger partial charge in [0, 0.05) is 42.9 Å². The molecular formula is C22H28F3N6O2P. The van der Waals surface area contributed by atoms with E-state index in [4.69, 9.17) is 0 Å². The van der Waals surface area contributed by atoms with Crippen LogP contribution in [0.25, 0.3) is 16.6 Å². The SMILES string of the molecule is CC(=O)Nc1ccc2c(C3=C(C(F)(F)F)C=NC(NC4CCCNC4)N3)c[nH]c2c1P(C)(C)=O. The lowest BCUT2D eigenvalue weighted by Crippen LogP contribution is -2.52. The Bertz CT molecular complexity index is 1210. The highest BCUT2D eigenvalue weighted by Gasteiger charge is 2.39. The van der Waals surface area contributed by atoms with Gasteiger partial charge in [0.25, 0.3) is 0 Å². The number of nitrogens with zero attached hydrogens (tertiary/aromatic N) is 1. The molecule has 0 bridgehead atoms. The quantitative estimate of drug-likeness (QED) is 0.409. The number of aromatic amines is 1. The molecule has 2 atom stereocenters. The Hall–Kier alpha value is -2.62. The number of aliphatic imine (C=N–C) groups is 1. The van der Waals surface area contributed by atoms with Crippen LogP contribution in [0.3, 0.4) is 0 Å². The molecule has 1 aromatic carbocycles. The molecule has 0 radical (unpaired) electrons. The molecule has 1 aromatic heterocycles. The zero-order valence-corrected chi connectivity index (χ0v) is 20.0. The molecule has 2 aromatic rings. The van der Waals surface area contributed by atoms with E-state index < -0.39 is 25.2 Å². The first-order valence-electron chi connectivity index (χ1n) is 11.0. The number of amides is 1. The van der Waals surface area contributed by atoms with Crippen LogP contribution in [-0.2, 0) is 9.36 Å². The minimum atomic E-state index is -4.63. The third-order valence-electron chi connectivity index (χ3n) is 5.85. The molecule has 0 aliphatic carbocycles. The number of carbonyl (C=O) groups is 1. The average molecular weight is 496 g/mol. The van der Waals surface area contributed by atoms with Crippen LogP contribution < -0.4 is 26.6 Å². The Morgan fingerprint density at radius 2 is 2.03 bits per heavy atom. The van der Waals surface area contributed by atoms with E-state index in [1.54, 1.807) is 25.5 Å². The monoisotopic (exact) mass is 496 g/mol. The number of nitrogens with one attached hydrogen (secondary N) is 5. The molecule has 3 heterocycles. The summed E-state index contributed by atoms with van der Waals surface area (Å²) in [5.41, 5.74) is 0.0708. The molecule has 1 fully saturated rings. The average Bonchev–Trinajstić information content (AvgIpc) is 3.16. The number of halogens is 3. The number of H-pyrrole nitrogens is 1. The van der Waals surface area contributed by atoms with Gasteiger partial charge in [0.1, 0.15) is 7.14 Å². The number of benzene rings is 1. The van der Waals surface area contributed by atoms with Gasteiger partial charge in [-0.25, -0.2) is 0 Å². The van der Waals surface area contributed by atoms with Gasteiger partial charge in [-0.2, -0.15) is 13.2 Å². The highest BCUT2D eigenvalue weighted by Crippen LogP contribution is 2.42. The number of hydrogen-bond donors (Lipinski definition) is 5. The summed E-state index contributed by atoms with van der Waals surface area (Å²) in [6, 6.07) is 3.27. The van der Waals surface area contributed by atoms with Gasteiger partial charge in [0.2, 0.25) is 5.91 Å². The van der Waals surface area contributed by atoms with Crippen LogP contribution in [-0.4, -0.2) is 62.0 Å². The second kappa shape index (κ2) is 9.20. The van der Waals surface area contributed by atoms with Gasteiger partial charge in [-0.1, -0.05) is 6.07 Å². The molecule has 2 aliphatic rings. The van der Waals surface area contributed by atoms with Crippen molar-refractivity contribution in [3.05, 3.63) is 29.5 Å². The van der Waals surface area contributed by atoms with Crippen molar-refractivity contribution in [1.29, 1.82) is 0 Å². The third-order valence-corrected chi connectivity index (χ3v) is 7.39. The fourth-order valence-electron chi connectivity index (χ4n) is 4.45.